The maximum atomic E-state index is 11.0. The molecular formula is C17H25N3O3. The van der Waals surface area contributed by atoms with Crippen LogP contribution in [0.4, 0.5) is 5.82 Å². The standard InChI is InChI=1S/C17H25N3O3/c1-22-15-8-7-14(19-17(15)18)6-5-13-9-11-20(12-13)10-3-4-16(21)23-2/h3-4,7-8,13H,5-6,9-12H2,1-2H3,(H2,18,19)/b4-3+/t13-/m1/s1. The van der Waals surface area contributed by atoms with E-state index in [0.717, 1.165) is 38.2 Å². The third kappa shape index (κ3) is 5.25. The Balaban J connectivity index is 1.74. The van der Waals surface area contributed by atoms with Crippen molar-refractivity contribution in [2.75, 3.05) is 39.6 Å². The third-order valence-electron chi connectivity index (χ3n) is 4.16. The molecule has 6 heteroatoms. The van der Waals surface area contributed by atoms with E-state index in [2.05, 4.69) is 14.6 Å². The second-order valence-corrected chi connectivity index (χ2v) is 5.77. The molecule has 1 fully saturated rings. The Morgan fingerprint density at radius 3 is 3.00 bits per heavy atom. The summed E-state index contributed by atoms with van der Waals surface area (Å²) in [5.74, 6) is 1.43. The number of hydrogen-bond donors (Lipinski definition) is 1. The Labute approximate surface area is 137 Å². The number of ether oxygens (including phenoxy) is 2. The van der Waals surface area contributed by atoms with Crippen LogP contribution in [0.3, 0.4) is 0 Å². The van der Waals surface area contributed by atoms with Gasteiger partial charge in [0.25, 0.3) is 0 Å². The van der Waals surface area contributed by atoms with E-state index in [-0.39, 0.29) is 5.97 Å². The Morgan fingerprint density at radius 1 is 1.48 bits per heavy atom. The molecule has 6 nitrogen and oxygen atoms in total. The quantitative estimate of drug-likeness (QED) is 0.608. The predicted octanol–water partition coefficient (Wildman–Crippen LogP) is 1.66. The maximum Gasteiger partial charge on any atom is 0.330 e. The topological polar surface area (TPSA) is 77.7 Å². The van der Waals surface area contributed by atoms with Gasteiger partial charge >= 0.3 is 5.97 Å². The molecule has 1 atom stereocenters. The highest BCUT2D eigenvalue weighted by atomic mass is 16.5. The lowest BCUT2D eigenvalue weighted by molar-refractivity contribution is -0.134. The molecule has 1 aliphatic heterocycles. The van der Waals surface area contributed by atoms with Crippen LogP contribution in [-0.4, -0.2) is 49.7 Å². The molecule has 0 bridgehead atoms. The molecule has 0 spiro atoms. The van der Waals surface area contributed by atoms with Crippen LogP contribution in [0, 0.1) is 5.92 Å². The van der Waals surface area contributed by atoms with Crippen molar-refractivity contribution in [3.63, 3.8) is 0 Å². The van der Waals surface area contributed by atoms with Gasteiger partial charge in [-0.25, -0.2) is 9.78 Å². The van der Waals surface area contributed by atoms with E-state index >= 15 is 0 Å². The monoisotopic (exact) mass is 319 g/mol. The van der Waals surface area contributed by atoms with Crippen molar-refractivity contribution in [3.05, 3.63) is 30.0 Å². The molecule has 126 valence electrons. The van der Waals surface area contributed by atoms with E-state index in [1.807, 2.05) is 18.2 Å². The number of hydrogen-bond acceptors (Lipinski definition) is 6. The molecule has 0 amide bonds. The first kappa shape index (κ1) is 17.3. The minimum absolute atomic E-state index is 0.302. The molecule has 0 radical (unpaired) electrons. The van der Waals surface area contributed by atoms with Crippen molar-refractivity contribution < 1.29 is 14.3 Å². The zero-order valence-electron chi connectivity index (χ0n) is 13.8. The van der Waals surface area contributed by atoms with E-state index in [1.165, 1.54) is 19.6 Å². The van der Waals surface area contributed by atoms with E-state index in [0.29, 0.717) is 17.5 Å². The number of carbonyl (C=O) groups excluding carboxylic acids is 1. The van der Waals surface area contributed by atoms with Gasteiger partial charge in [-0.3, -0.25) is 4.90 Å². The fraction of sp³-hybridized carbons (Fsp3) is 0.529. The van der Waals surface area contributed by atoms with Crippen molar-refractivity contribution in [1.82, 2.24) is 9.88 Å². The first-order valence-corrected chi connectivity index (χ1v) is 7.88. The Kier molecular flexibility index (Phi) is 6.40. The number of rotatable bonds is 7. The highest BCUT2D eigenvalue weighted by molar-refractivity contribution is 5.81. The number of esters is 1. The number of nitrogens with zero attached hydrogens (tertiary/aromatic N) is 2. The fourth-order valence-electron chi connectivity index (χ4n) is 2.85. The van der Waals surface area contributed by atoms with Gasteiger partial charge in [0, 0.05) is 24.9 Å². The van der Waals surface area contributed by atoms with Gasteiger partial charge in [-0.15, -0.1) is 0 Å². The number of pyridine rings is 1. The normalized spacial score (nSPS) is 18.4. The highest BCUT2D eigenvalue weighted by Crippen LogP contribution is 2.23. The minimum Gasteiger partial charge on any atom is -0.493 e. The number of carbonyl (C=O) groups is 1. The smallest absolute Gasteiger partial charge is 0.330 e. The molecule has 0 unspecified atom stereocenters. The molecular weight excluding hydrogens is 294 g/mol. The molecule has 1 aromatic heterocycles. The molecule has 1 aliphatic rings. The van der Waals surface area contributed by atoms with E-state index in [4.69, 9.17) is 10.5 Å². The number of nitrogen functional groups attached to an aromatic ring is 1. The average molecular weight is 319 g/mol. The van der Waals surface area contributed by atoms with Crippen molar-refractivity contribution in [2.24, 2.45) is 5.92 Å². The van der Waals surface area contributed by atoms with Gasteiger partial charge in [0.15, 0.2) is 11.6 Å². The number of aromatic nitrogens is 1. The van der Waals surface area contributed by atoms with Gasteiger partial charge in [-0.1, -0.05) is 6.08 Å². The summed E-state index contributed by atoms with van der Waals surface area (Å²) in [7, 11) is 2.98. The lowest BCUT2D eigenvalue weighted by Crippen LogP contribution is -2.21. The molecule has 23 heavy (non-hydrogen) atoms. The van der Waals surface area contributed by atoms with Gasteiger partial charge in [-0.05, 0) is 43.9 Å². The van der Waals surface area contributed by atoms with Gasteiger partial charge in [0.2, 0.25) is 0 Å². The number of likely N-dealkylation sites (tertiary alicyclic amines) is 1. The predicted molar refractivity (Wildman–Crippen MR) is 89.2 cm³/mol. The summed E-state index contributed by atoms with van der Waals surface area (Å²) in [6, 6.07) is 3.84. The first-order chi connectivity index (χ1) is 11.1. The van der Waals surface area contributed by atoms with Crippen LogP contribution in [0.15, 0.2) is 24.3 Å². The fourth-order valence-corrected chi connectivity index (χ4v) is 2.85. The van der Waals surface area contributed by atoms with Crippen LogP contribution < -0.4 is 10.5 Å². The SMILES string of the molecule is COC(=O)/C=C/CN1CC[C@@H](CCc2ccc(OC)c(N)n2)C1. The summed E-state index contributed by atoms with van der Waals surface area (Å²) >= 11 is 0. The van der Waals surface area contributed by atoms with Crippen LogP contribution in [-0.2, 0) is 16.0 Å². The number of nitrogens with two attached hydrogens (primary N) is 1. The minimum atomic E-state index is -0.302. The summed E-state index contributed by atoms with van der Waals surface area (Å²) in [6.45, 7) is 2.91. The molecule has 2 heterocycles. The molecule has 2 N–H and O–H groups in total. The Morgan fingerprint density at radius 2 is 2.30 bits per heavy atom. The van der Waals surface area contributed by atoms with E-state index < -0.39 is 0 Å². The second kappa shape index (κ2) is 8.53. The second-order valence-electron chi connectivity index (χ2n) is 5.77. The lowest BCUT2D eigenvalue weighted by atomic mass is 10.0. The zero-order valence-corrected chi connectivity index (χ0v) is 13.8. The van der Waals surface area contributed by atoms with Crippen molar-refractivity contribution >= 4 is 11.8 Å². The molecule has 2 rings (SSSR count). The largest absolute Gasteiger partial charge is 0.493 e. The van der Waals surface area contributed by atoms with Crippen molar-refractivity contribution in [2.45, 2.75) is 19.3 Å². The summed E-state index contributed by atoms with van der Waals surface area (Å²) < 4.78 is 9.70. The summed E-state index contributed by atoms with van der Waals surface area (Å²) in [6.07, 6.45) is 6.54. The lowest BCUT2D eigenvalue weighted by Gasteiger charge is -2.13. The van der Waals surface area contributed by atoms with Crippen LogP contribution >= 0.6 is 0 Å². The van der Waals surface area contributed by atoms with Crippen molar-refractivity contribution in [3.8, 4) is 5.75 Å². The van der Waals surface area contributed by atoms with Crippen molar-refractivity contribution in [1.29, 1.82) is 0 Å². The summed E-state index contributed by atoms with van der Waals surface area (Å²) in [4.78, 5) is 17.8. The van der Waals surface area contributed by atoms with Crippen LogP contribution in [0.1, 0.15) is 18.5 Å². The zero-order chi connectivity index (χ0) is 16.7. The average Bonchev–Trinajstić information content (AvgIpc) is 3.00. The van der Waals surface area contributed by atoms with Crippen LogP contribution in [0.25, 0.3) is 0 Å². The third-order valence-corrected chi connectivity index (χ3v) is 4.16. The molecule has 0 aliphatic carbocycles. The maximum absolute atomic E-state index is 11.0. The van der Waals surface area contributed by atoms with Gasteiger partial charge in [-0.2, -0.15) is 0 Å². The number of methoxy groups -OCH3 is 2. The van der Waals surface area contributed by atoms with E-state index in [1.54, 1.807) is 7.11 Å². The van der Waals surface area contributed by atoms with Gasteiger partial charge in [0.05, 0.1) is 14.2 Å². The molecule has 0 aromatic carbocycles. The molecule has 1 saturated heterocycles. The van der Waals surface area contributed by atoms with Gasteiger partial charge in [0.1, 0.15) is 0 Å². The summed E-state index contributed by atoms with van der Waals surface area (Å²) in [5, 5.41) is 0. The number of anilines is 1. The number of aryl methyl sites for hydroxylation is 1. The van der Waals surface area contributed by atoms with Crippen LogP contribution in [0.2, 0.25) is 0 Å². The Hall–Kier alpha value is -2.08. The highest BCUT2D eigenvalue weighted by Gasteiger charge is 2.21. The molecule has 1 aromatic rings. The Bertz CT molecular complexity index is 560. The summed E-state index contributed by atoms with van der Waals surface area (Å²) in [5.41, 5.74) is 6.85. The molecule has 0 saturated carbocycles. The first-order valence-electron chi connectivity index (χ1n) is 7.88. The van der Waals surface area contributed by atoms with E-state index in [9.17, 15) is 4.79 Å². The van der Waals surface area contributed by atoms with Crippen LogP contribution in [0.5, 0.6) is 5.75 Å². The van der Waals surface area contributed by atoms with Gasteiger partial charge < -0.3 is 15.2 Å².